The first-order valence-electron chi connectivity index (χ1n) is 7.57. The third-order valence-electron chi connectivity index (χ3n) is 5.16. The first-order valence-corrected chi connectivity index (χ1v) is 9.12. The van der Waals surface area contributed by atoms with E-state index in [9.17, 15) is 8.42 Å². The highest BCUT2D eigenvalue weighted by molar-refractivity contribution is 7.89. The lowest BCUT2D eigenvalue weighted by atomic mass is 9.77. The Morgan fingerprint density at radius 1 is 1.05 bits per heavy atom. The number of nitrogen functional groups attached to an aromatic ring is 1. The van der Waals surface area contributed by atoms with E-state index in [0.717, 1.165) is 18.8 Å². The summed E-state index contributed by atoms with van der Waals surface area (Å²) < 4.78 is 23.0. The molecule has 2 fully saturated rings. The zero-order valence-electron chi connectivity index (χ0n) is 12.2. The number of primary sulfonamides is 1. The van der Waals surface area contributed by atoms with Crippen molar-refractivity contribution in [3.63, 3.8) is 0 Å². The van der Waals surface area contributed by atoms with Gasteiger partial charge in [0, 0.05) is 13.1 Å². The smallest absolute Gasteiger partial charge is 0.238 e. The highest BCUT2D eigenvalue weighted by Gasteiger charge is 2.37. The zero-order valence-corrected chi connectivity index (χ0v) is 13.0. The van der Waals surface area contributed by atoms with Gasteiger partial charge in [0.2, 0.25) is 10.0 Å². The van der Waals surface area contributed by atoms with Gasteiger partial charge in [-0.2, -0.15) is 0 Å². The normalized spacial score (nSPS) is 21.9. The molecule has 5 nitrogen and oxygen atoms in total. The van der Waals surface area contributed by atoms with E-state index in [2.05, 4.69) is 4.90 Å². The van der Waals surface area contributed by atoms with Crippen LogP contribution in [-0.2, 0) is 10.0 Å². The molecule has 1 aromatic carbocycles. The molecule has 0 amide bonds. The van der Waals surface area contributed by atoms with Crippen LogP contribution in [0.5, 0.6) is 0 Å². The van der Waals surface area contributed by atoms with Crippen LogP contribution in [0, 0.1) is 5.41 Å². The Morgan fingerprint density at radius 3 is 2.24 bits per heavy atom. The lowest BCUT2D eigenvalue weighted by Gasteiger charge is -2.41. The Balaban J connectivity index is 1.81. The van der Waals surface area contributed by atoms with Gasteiger partial charge in [0.1, 0.15) is 0 Å². The first kappa shape index (κ1) is 14.7. The molecule has 1 aliphatic heterocycles. The van der Waals surface area contributed by atoms with Gasteiger partial charge in [-0.1, -0.05) is 12.8 Å². The minimum absolute atomic E-state index is 0.132. The van der Waals surface area contributed by atoms with E-state index in [-0.39, 0.29) is 4.90 Å². The number of hydrogen-bond acceptors (Lipinski definition) is 4. The summed E-state index contributed by atoms with van der Waals surface area (Å²) in [4.78, 5) is 2.33. The maximum Gasteiger partial charge on any atom is 0.238 e. The monoisotopic (exact) mass is 309 g/mol. The molecule has 4 N–H and O–H groups in total. The summed E-state index contributed by atoms with van der Waals surface area (Å²) in [7, 11) is -3.69. The maximum absolute atomic E-state index is 11.5. The third-order valence-corrected chi connectivity index (χ3v) is 6.07. The van der Waals surface area contributed by atoms with Crippen molar-refractivity contribution in [1.82, 2.24) is 0 Å². The predicted octanol–water partition coefficient (Wildman–Crippen LogP) is 2.08. The second-order valence-electron chi connectivity index (χ2n) is 6.46. The van der Waals surface area contributed by atoms with Gasteiger partial charge in [-0.05, 0) is 49.3 Å². The van der Waals surface area contributed by atoms with Gasteiger partial charge >= 0.3 is 0 Å². The van der Waals surface area contributed by atoms with E-state index >= 15 is 0 Å². The highest BCUT2D eigenvalue weighted by atomic mass is 32.2. The van der Waals surface area contributed by atoms with Crippen molar-refractivity contribution in [3.8, 4) is 0 Å². The average molecular weight is 309 g/mol. The van der Waals surface area contributed by atoms with Crippen molar-refractivity contribution in [1.29, 1.82) is 0 Å². The number of nitrogens with zero attached hydrogens (tertiary/aromatic N) is 1. The summed E-state index contributed by atoms with van der Waals surface area (Å²) in [5, 5.41) is 5.21. The summed E-state index contributed by atoms with van der Waals surface area (Å²) in [5.41, 5.74) is 7.98. The molecule has 1 aliphatic carbocycles. The summed E-state index contributed by atoms with van der Waals surface area (Å²) in [6.45, 7) is 1.89. The van der Waals surface area contributed by atoms with Crippen LogP contribution in [-0.4, -0.2) is 21.5 Å². The molecule has 116 valence electrons. The first-order chi connectivity index (χ1) is 9.90. The molecule has 6 heteroatoms. The molecular formula is C15H23N3O2S. The molecule has 1 spiro atoms. The zero-order chi connectivity index (χ0) is 15.1. The summed E-state index contributed by atoms with van der Waals surface area (Å²) in [6, 6.07) is 4.71. The van der Waals surface area contributed by atoms with E-state index in [1.165, 1.54) is 44.6 Å². The Labute approximate surface area is 126 Å². The van der Waals surface area contributed by atoms with Crippen LogP contribution in [0.2, 0.25) is 0 Å². The number of nitrogens with two attached hydrogens (primary N) is 2. The number of hydrogen-bond donors (Lipinski definition) is 2. The number of rotatable bonds is 2. The van der Waals surface area contributed by atoms with Crippen LogP contribution in [0.4, 0.5) is 11.4 Å². The fraction of sp³-hybridized carbons (Fsp3) is 0.600. The van der Waals surface area contributed by atoms with E-state index in [4.69, 9.17) is 10.9 Å². The molecule has 1 saturated carbocycles. The second-order valence-corrected chi connectivity index (χ2v) is 8.02. The Morgan fingerprint density at radius 2 is 1.67 bits per heavy atom. The van der Waals surface area contributed by atoms with Crippen molar-refractivity contribution >= 4 is 21.4 Å². The Bertz CT molecular complexity index is 626. The molecule has 2 aliphatic rings. The summed E-state index contributed by atoms with van der Waals surface area (Å²) in [6.07, 6.45) is 7.73. The fourth-order valence-electron chi connectivity index (χ4n) is 3.82. The average Bonchev–Trinajstić information content (AvgIpc) is 2.88. The molecule has 21 heavy (non-hydrogen) atoms. The minimum Gasteiger partial charge on any atom is -0.397 e. The van der Waals surface area contributed by atoms with Crippen molar-refractivity contribution in [3.05, 3.63) is 18.2 Å². The van der Waals surface area contributed by atoms with Crippen LogP contribution in [0.25, 0.3) is 0 Å². The Hall–Kier alpha value is -1.27. The van der Waals surface area contributed by atoms with Crippen LogP contribution in [0.1, 0.15) is 38.5 Å². The van der Waals surface area contributed by atoms with E-state index < -0.39 is 10.0 Å². The van der Waals surface area contributed by atoms with Gasteiger partial charge in [0.15, 0.2) is 0 Å². The predicted molar refractivity (Wildman–Crippen MR) is 84.6 cm³/mol. The fourth-order valence-corrected chi connectivity index (χ4v) is 4.35. The van der Waals surface area contributed by atoms with Crippen molar-refractivity contribution in [2.75, 3.05) is 23.7 Å². The molecule has 0 bridgehead atoms. The number of benzene rings is 1. The standard InChI is InChI=1S/C15H23N3O2S/c16-13-4-3-12(21(17,19)20)11-14(13)18-9-7-15(8-10-18)5-1-2-6-15/h3-4,11H,1-2,5-10,16H2,(H2,17,19,20). The van der Waals surface area contributed by atoms with Crippen LogP contribution in [0.3, 0.4) is 0 Å². The van der Waals surface area contributed by atoms with Crippen molar-refractivity contribution < 1.29 is 8.42 Å². The number of sulfonamides is 1. The minimum atomic E-state index is -3.69. The van der Waals surface area contributed by atoms with Gasteiger partial charge in [-0.3, -0.25) is 0 Å². The molecule has 1 aromatic rings. The van der Waals surface area contributed by atoms with Gasteiger partial charge < -0.3 is 10.6 Å². The third kappa shape index (κ3) is 2.87. The van der Waals surface area contributed by atoms with Crippen molar-refractivity contribution in [2.24, 2.45) is 10.6 Å². The highest BCUT2D eigenvalue weighted by Crippen LogP contribution is 2.47. The topological polar surface area (TPSA) is 89.4 Å². The molecule has 1 heterocycles. The maximum atomic E-state index is 11.5. The molecule has 0 unspecified atom stereocenters. The second kappa shape index (κ2) is 5.18. The van der Waals surface area contributed by atoms with Gasteiger partial charge in [0.25, 0.3) is 0 Å². The molecule has 1 saturated heterocycles. The van der Waals surface area contributed by atoms with E-state index in [1.807, 2.05) is 0 Å². The molecule has 0 atom stereocenters. The van der Waals surface area contributed by atoms with Gasteiger partial charge in [-0.25, -0.2) is 13.6 Å². The van der Waals surface area contributed by atoms with Crippen LogP contribution in [0.15, 0.2) is 23.1 Å². The van der Waals surface area contributed by atoms with Crippen LogP contribution < -0.4 is 15.8 Å². The summed E-state index contributed by atoms with van der Waals surface area (Å²) in [5.74, 6) is 0. The van der Waals surface area contributed by atoms with E-state index in [0.29, 0.717) is 11.1 Å². The number of anilines is 2. The molecular weight excluding hydrogens is 286 g/mol. The lowest BCUT2D eigenvalue weighted by Crippen LogP contribution is -2.39. The van der Waals surface area contributed by atoms with Gasteiger partial charge in [-0.15, -0.1) is 0 Å². The van der Waals surface area contributed by atoms with Gasteiger partial charge in [0.05, 0.1) is 16.3 Å². The Kier molecular flexibility index (Phi) is 3.61. The van der Waals surface area contributed by atoms with Crippen LogP contribution >= 0.6 is 0 Å². The molecule has 3 rings (SSSR count). The SMILES string of the molecule is Nc1ccc(S(N)(=O)=O)cc1N1CCC2(CCCC2)CC1. The lowest BCUT2D eigenvalue weighted by molar-refractivity contribution is 0.226. The largest absolute Gasteiger partial charge is 0.397 e. The summed E-state index contributed by atoms with van der Waals surface area (Å²) >= 11 is 0. The molecule has 0 radical (unpaired) electrons. The molecule has 0 aromatic heterocycles. The van der Waals surface area contributed by atoms with Crippen molar-refractivity contribution in [2.45, 2.75) is 43.4 Å². The van der Waals surface area contributed by atoms with E-state index in [1.54, 1.807) is 12.1 Å². The quantitative estimate of drug-likeness (QED) is 0.818. The number of piperidine rings is 1.